The molecule has 41 heteroatoms. The van der Waals surface area contributed by atoms with Gasteiger partial charge in [-0.1, -0.05) is 151 Å². The average Bonchev–Trinajstić information content (AvgIpc) is 1.75. The number of fused-ring (bicyclic) bond motifs is 2. The number of carbonyl (C=O) groups is 4. The molecule has 8 aromatic rings. The number of rotatable bonds is 11. The van der Waals surface area contributed by atoms with Crippen LogP contribution in [0.2, 0.25) is 34.6 Å². The van der Waals surface area contributed by atoms with Crippen LogP contribution in [0.15, 0.2) is 107 Å². The number of nitrogens with two attached hydrogens (primary N) is 1. The Hall–Kier alpha value is -2.00. The zero-order chi connectivity index (χ0) is 63.7. The van der Waals surface area contributed by atoms with Gasteiger partial charge in [0.05, 0.1) is 81.7 Å². The van der Waals surface area contributed by atoms with E-state index in [-0.39, 0.29) is 141 Å². The molecule has 0 saturated heterocycles. The number of aromatic amines is 1. The maximum atomic E-state index is 12.4. The zero-order valence-corrected chi connectivity index (χ0v) is 62.6. The minimum atomic E-state index is -3.46. The zero-order valence-electron chi connectivity index (χ0n) is 46.5. The van der Waals surface area contributed by atoms with Gasteiger partial charge in [0.1, 0.15) is 0 Å². The molecule has 0 atom stereocenters. The molecule has 0 aliphatic carbocycles. The van der Waals surface area contributed by atoms with Gasteiger partial charge in [0.15, 0.2) is 18.5 Å². The summed E-state index contributed by atoms with van der Waals surface area (Å²) in [6.45, 7) is 3.89. The van der Waals surface area contributed by atoms with E-state index in [0.717, 1.165) is 45.0 Å². The summed E-state index contributed by atoms with van der Waals surface area (Å²) in [5.41, 5.74) is 7.82. The minimum Gasteiger partial charge on any atom is -1.00 e. The van der Waals surface area contributed by atoms with Gasteiger partial charge in [-0.05, 0) is 73.3 Å². The van der Waals surface area contributed by atoms with Crippen LogP contribution in [0.1, 0.15) is 57.2 Å². The molecule has 1 amide bonds. The Bertz CT molecular complexity index is 3940. The fraction of sp³-hybridized carbons (Fsp3) is 0.152. The summed E-state index contributed by atoms with van der Waals surface area (Å²) < 4.78 is 73.3. The summed E-state index contributed by atoms with van der Waals surface area (Å²) in [4.78, 5) is 58.3. The predicted molar refractivity (Wildman–Crippen MR) is 328 cm³/mol. The number of sulfone groups is 2. The van der Waals surface area contributed by atoms with Crippen molar-refractivity contribution in [3.05, 3.63) is 144 Å². The number of esters is 2. The van der Waals surface area contributed by atoms with Crippen LogP contribution in [-0.4, -0.2) is 113 Å². The summed E-state index contributed by atoms with van der Waals surface area (Å²) in [6.07, 6.45) is 11.2. The largest absolute Gasteiger partial charge is 1.00 e. The molecular weight excluding hydrogens is 1500 g/mol. The van der Waals surface area contributed by atoms with E-state index in [1.165, 1.54) is 66.5 Å². The number of pyridine rings is 3. The van der Waals surface area contributed by atoms with Crippen molar-refractivity contribution in [1.29, 1.82) is 0 Å². The monoisotopic (exact) mass is 1530 g/mol. The van der Waals surface area contributed by atoms with Gasteiger partial charge in [-0.2, -0.15) is 0 Å². The number of halogens is 8. The Kier molecular flexibility index (Phi) is 37.2. The molecule has 6 aromatic heterocycles. The van der Waals surface area contributed by atoms with Crippen molar-refractivity contribution in [2.75, 3.05) is 37.2 Å². The minimum absolute atomic E-state index is 0. The maximum Gasteiger partial charge on any atom is 1.00 e. The molecule has 23 nitrogen and oxygen atoms in total. The van der Waals surface area contributed by atoms with Crippen LogP contribution in [0.3, 0.4) is 0 Å². The summed E-state index contributed by atoms with van der Waals surface area (Å²) in [7, 11) is -7.47. The van der Waals surface area contributed by atoms with Gasteiger partial charge in [0.25, 0.3) is 12.4 Å². The SMILES string of the molecule is CCOC(=O)c1nnc(Cl)s1.CCOC(=O)c1nnc(Sc2c(Cl)cncc2Cl)s1.Nc1ccc2c(c1)S(=O)(=O)CC2.O=C(Nc1ccc2c(c1)S(=O)(=O)C=C2)c1nnc(Sc2c(Cl)cncc2Cl)s1.O=CO[O-].S=c1c(Cl)c[nH]cc1Cl.[2H]CF.[H-].[K+].[K+]. The van der Waals surface area contributed by atoms with Crippen molar-refractivity contribution in [1.82, 2.24) is 45.5 Å². The molecule has 0 bridgehead atoms. The number of carbonyl (C=O) groups excluding carboxylic acids is 4. The van der Waals surface area contributed by atoms with Crippen LogP contribution in [0.25, 0.3) is 6.08 Å². The number of benzene rings is 2. The van der Waals surface area contributed by atoms with Gasteiger partial charge < -0.3 is 37.1 Å². The van der Waals surface area contributed by atoms with Crippen molar-refractivity contribution >= 4 is 212 Å². The number of alkyl halides is 1. The van der Waals surface area contributed by atoms with Crippen LogP contribution < -0.4 is 119 Å². The van der Waals surface area contributed by atoms with Crippen molar-refractivity contribution in [2.45, 2.75) is 48.5 Å². The van der Waals surface area contributed by atoms with Gasteiger partial charge in [-0.15, -0.1) is 30.6 Å². The predicted octanol–water partition coefficient (Wildman–Crippen LogP) is 6.13. The first-order chi connectivity index (χ1) is 40.8. The number of anilines is 2. The van der Waals surface area contributed by atoms with E-state index in [1.54, 1.807) is 50.5 Å². The average molecular weight is 1540 g/mol. The summed E-state index contributed by atoms with van der Waals surface area (Å²) >= 11 is 51.2. The maximum absolute atomic E-state index is 12.4. The second-order valence-electron chi connectivity index (χ2n) is 14.8. The normalized spacial score (nSPS) is 12.1. The van der Waals surface area contributed by atoms with Gasteiger partial charge in [-0.3, -0.25) is 23.9 Å². The number of aromatic nitrogens is 9. The first-order valence-electron chi connectivity index (χ1n) is 23.1. The van der Waals surface area contributed by atoms with Crippen LogP contribution in [0.4, 0.5) is 15.8 Å². The van der Waals surface area contributed by atoms with Crippen LogP contribution in [0.5, 0.6) is 0 Å². The Morgan fingerprint density at radius 1 is 0.770 bits per heavy atom. The molecule has 0 fully saturated rings. The van der Waals surface area contributed by atoms with Crippen molar-refractivity contribution in [3.8, 4) is 0 Å². The number of aryl methyl sites for hydroxylation is 1. The third kappa shape index (κ3) is 25.8. The van der Waals surface area contributed by atoms with E-state index in [2.05, 4.69) is 60.5 Å². The molecule has 0 radical (unpaired) electrons. The molecule has 454 valence electrons. The molecule has 0 saturated carbocycles. The van der Waals surface area contributed by atoms with Crippen LogP contribution >= 0.6 is 151 Å². The topological polar surface area (TPSA) is 344 Å². The standard InChI is InChI=1S/C16H8Cl2N4O3S3.C10H7Cl2N3O2S2.C8H9NO2S.C5H3Cl2NS.C5H5ClN2O2S.CH3F.CH2O3.2K.H/c17-10-6-19-7-11(18)13(10)26-16-22-21-15(27-16)14(23)20-9-2-1-8-3-4-28(24,25)12(8)5-9;1-2-17-9(16)8-14-15-10(19-8)18-7-5(11)3-13-4-6(7)12;9-7-2-1-6-3-4-12(10,11)8(6)5-7;6-3-1-8-2-4(7)5(3)9;1-2-10-4(9)3-7-8-5(6)11-3;1-2;2-1-4-3;;;/h1-7H,(H,20,23);3-4H,2H2,1H3;1-2,5H,3-4,9H2;1-2H,(H,8,9);2H2,1H3;1H3;1,3H;;;/q;;;;;;;2*+1;-1/p-1/i;;;;;1D;;;;. The summed E-state index contributed by atoms with van der Waals surface area (Å²) in [5.74, 6) is -1.23. The van der Waals surface area contributed by atoms with Gasteiger partial charge >= 0.3 is 115 Å². The van der Waals surface area contributed by atoms with Gasteiger partial charge in [-0.25, -0.2) is 26.4 Å². The quantitative estimate of drug-likeness (QED) is 0.0249. The second-order valence-corrected chi connectivity index (χ2v) is 27.5. The fourth-order valence-corrected chi connectivity index (χ4v) is 14.4. The Morgan fingerprint density at radius 3 is 1.72 bits per heavy atom. The molecule has 0 spiro atoms. The smallest absolute Gasteiger partial charge is 1.00 e. The van der Waals surface area contributed by atoms with E-state index < -0.39 is 44.7 Å². The molecule has 8 heterocycles. The van der Waals surface area contributed by atoms with Crippen LogP contribution in [-0.2, 0) is 45.3 Å². The number of H-pyrrole nitrogens is 1. The van der Waals surface area contributed by atoms with Crippen molar-refractivity contribution in [2.24, 2.45) is 0 Å². The molecule has 4 N–H and O–H groups in total. The Balaban J connectivity index is 0.000000567. The molecule has 0 unspecified atom stereocenters. The third-order valence-corrected chi connectivity index (χ3v) is 20.6. The third-order valence-electron chi connectivity index (χ3n) is 9.27. The van der Waals surface area contributed by atoms with Gasteiger partial charge in [0, 0.05) is 54.0 Å². The van der Waals surface area contributed by atoms with E-state index in [9.17, 15) is 35.6 Å². The molecule has 10 rings (SSSR count). The number of nitrogens with zero attached hydrogens (tertiary/aromatic N) is 8. The Morgan fingerprint density at radius 2 is 1.25 bits per heavy atom. The van der Waals surface area contributed by atoms with Crippen molar-refractivity contribution in [3.63, 3.8) is 0 Å². The van der Waals surface area contributed by atoms with E-state index in [0.29, 0.717) is 94.6 Å². The molecule has 2 aromatic carbocycles. The van der Waals surface area contributed by atoms with E-state index in [4.69, 9.17) is 115 Å². The molecular formula is C46H37Cl7FK2N11O12S8. The molecule has 87 heavy (non-hydrogen) atoms. The number of nitrogens with one attached hydrogen (secondary N) is 2. The fourth-order valence-electron chi connectivity index (χ4n) is 5.79. The molecule has 2 aliphatic heterocycles. The number of hydrogen-bond donors (Lipinski definition) is 3. The Labute approximate surface area is 643 Å². The van der Waals surface area contributed by atoms with Crippen LogP contribution in [0, 0.1) is 4.51 Å². The van der Waals surface area contributed by atoms with Crippen molar-refractivity contribution < 1.29 is 166 Å². The number of amides is 1. The van der Waals surface area contributed by atoms with E-state index >= 15 is 0 Å². The number of ether oxygens (including phenoxy) is 2. The van der Waals surface area contributed by atoms with E-state index in [1.807, 2.05) is 0 Å². The molecule has 2 aliphatic rings. The number of nitrogen functional groups attached to an aromatic ring is 1. The second kappa shape index (κ2) is 40.9. The number of hydrogen-bond acceptors (Lipinski definition) is 27. The summed E-state index contributed by atoms with van der Waals surface area (Å²) in [5, 5.41) is 37.7. The summed E-state index contributed by atoms with van der Waals surface area (Å²) in [6, 6.07) is 9.72. The first kappa shape index (κ1) is 79.2. The first-order valence-corrected chi connectivity index (χ1v) is 32.7. The van der Waals surface area contributed by atoms with Gasteiger partial charge in [0.2, 0.25) is 29.3 Å².